The van der Waals surface area contributed by atoms with Crippen LogP contribution in [0.4, 0.5) is 0 Å². The molecule has 3 rings (SSSR count). The molecule has 1 amide bonds. The SMILES string of the molecule is Cn1ccnc1[C@@H](NC(=O)CCn1cnnn1)C1CC1. The van der Waals surface area contributed by atoms with Crippen LogP contribution in [0.1, 0.15) is 31.1 Å². The molecule has 2 aromatic heterocycles. The molecule has 0 unspecified atom stereocenters. The van der Waals surface area contributed by atoms with E-state index < -0.39 is 0 Å². The predicted molar refractivity (Wildman–Crippen MR) is 69.2 cm³/mol. The van der Waals surface area contributed by atoms with Crippen LogP contribution in [0.25, 0.3) is 0 Å². The summed E-state index contributed by atoms with van der Waals surface area (Å²) < 4.78 is 3.51. The van der Waals surface area contributed by atoms with Gasteiger partial charge in [0.2, 0.25) is 5.91 Å². The first kappa shape index (κ1) is 12.8. The number of hydrogen-bond donors (Lipinski definition) is 1. The quantitative estimate of drug-likeness (QED) is 0.805. The van der Waals surface area contributed by atoms with Gasteiger partial charge in [-0.3, -0.25) is 4.79 Å². The molecule has 0 radical (unpaired) electrons. The number of rotatable bonds is 6. The fourth-order valence-electron chi connectivity index (χ4n) is 2.24. The highest BCUT2D eigenvalue weighted by Crippen LogP contribution is 2.40. The lowest BCUT2D eigenvalue weighted by molar-refractivity contribution is -0.122. The Hall–Kier alpha value is -2.25. The first-order valence-electron chi connectivity index (χ1n) is 6.71. The largest absolute Gasteiger partial charge is 0.346 e. The molecule has 1 fully saturated rings. The molecule has 8 heteroatoms. The van der Waals surface area contributed by atoms with Crippen LogP contribution < -0.4 is 5.32 Å². The molecule has 0 bridgehead atoms. The summed E-state index contributed by atoms with van der Waals surface area (Å²) in [5, 5.41) is 13.9. The topological polar surface area (TPSA) is 90.5 Å². The molecule has 1 atom stereocenters. The van der Waals surface area contributed by atoms with E-state index in [2.05, 4.69) is 25.8 Å². The molecular formula is C12H17N7O. The van der Waals surface area contributed by atoms with Crippen molar-refractivity contribution < 1.29 is 4.79 Å². The van der Waals surface area contributed by atoms with Crippen molar-refractivity contribution in [1.82, 2.24) is 35.1 Å². The second-order valence-electron chi connectivity index (χ2n) is 5.10. The van der Waals surface area contributed by atoms with Gasteiger partial charge in [0.25, 0.3) is 0 Å². The van der Waals surface area contributed by atoms with Gasteiger partial charge in [-0.15, -0.1) is 5.10 Å². The first-order valence-corrected chi connectivity index (χ1v) is 6.71. The summed E-state index contributed by atoms with van der Waals surface area (Å²) in [6.07, 6.45) is 7.81. The third-order valence-electron chi connectivity index (χ3n) is 3.51. The van der Waals surface area contributed by atoms with E-state index in [4.69, 9.17) is 0 Å². The van der Waals surface area contributed by atoms with Crippen LogP contribution >= 0.6 is 0 Å². The van der Waals surface area contributed by atoms with E-state index in [0.717, 1.165) is 18.7 Å². The molecule has 1 N–H and O–H groups in total. The van der Waals surface area contributed by atoms with Crippen LogP contribution in [0.3, 0.4) is 0 Å². The summed E-state index contributed by atoms with van der Waals surface area (Å²) in [5.74, 6) is 1.43. The maximum atomic E-state index is 12.1. The molecule has 1 aliphatic carbocycles. The number of tetrazole rings is 1. The Bertz CT molecular complexity index is 572. The van der Waals surface area contributed by atoms with E-state index in [1.807, 2.05) is 17.8 Å². The van der Waals surface area contributed by atoms with Crippen molar-refractivity contribution >= 4 is 5.91 Å². The fraction of sp³-hybridized carbons (Fsp3) is 0.583. The highest BCUT2D eigenvalue weighted by molar-refractivity contribution is 5.76. The summed E-state index contributed by atoms with van der Waals surface area (Å²) in [6.45, 7) is 0.483. The number of aromatic nitrogens is 6. The molecule has 0 aromatic carbocycles. The van der Waals surface area contributed by atoms with Crippen LogP contribution in [0.15, 0.2) is 18.7 Å². The molecule has 0 aliphatic heterocycles. The Kier molecular flexibility index (Phi) is 3.44. The van der Waals surface area contributed by atoms with Gasteiger partial charge in [-0.1, -0.05) is 0 Å². The minimum Gasteiger partial charge on any atom is -0.346 e. The van der Waals surface area contributed by atoms with Crippen molar-refractivity contribution in [3.8, 4) is 0 Å². The van der Waals surface area contributed by atoms with Gasteiger partial charge in [0.1, 0.15) is 12.2 Å². The standard InChI is InChI=1S/C12H17N7O/c1-18-7-5-13-12(18)11(9-2-3-9)15-10(20)4-6-19-8-14-16-17-19/h5,7-9,11H,2-4,6H2,1H3,(H,15,20)/t11-/m0/s1. The van der Waals surface area contributed by atoms with E-state index >= 15 is 0 Å². The third kappa shape index (κ3) is 2.84. The van der Waals surface area contributed by atoms with Gasteiger partial charge in [0.15, 0.2) is 0 Å². The molecule has 2 heterocycles. The second kappa shape index (κ2) is 5.40. The molecule has 1 saturated carbocycles. The van der Waals surface area contributed by atoms with Gasteiger partial charge < -0.3 is 9.88 Å². The first-order chi connectivity index (χ1) is 9.74. The molecular weight excluding hydrogens is 258 g/mol. The van der Waals surface area contributed by atoms with Crippen molar-refractivity contribution in [2.75, 3.05) is 0 Å². The van der Waals surface area contributed by atoms with Gasteiger partial charge in [0, 0.05) is 25.9 Å². The number of carbonyl (C=O) groups is 1. The highest BCUT2D eigenvalue weighted by atomic mass is 16.1. The average Bonchev–Trinajstić information content (AvgIpc) is 2.97. The van der Waals surface area contributed by atoms with Gasteiger partial charge in [0.05, 0.1) is 12.6 Å². The van der Waals surface area contributed by atoms with E-state index in [-0.39, 0.29) is 11.9 Å². The van der Waals surface area contributed by atoms with Crippen molar-refractivity contribution in [3.63, 3.8) is 0 Å². The maximum absolute atomic E-state index is 12.1. The van der Waals surface area contributed by atoms with Crippen LogP contribution in [0.5, 0.6) is 0 Å². The Morgan fingerprint density at radius 2 is 2.40 bits per heavy atom. The van der Waals surface area contributed by atoms with Crippen LogP contribution in [0, 0.1) is 5.92 Å². The molecule has 8 nitrogen and oxygen atoms in total. The van der Waals surface area contributed by atoms with Gasteiger partial charge in [-0.25, -0.2) is 9.67 Å². The number of nitrogens with one attached hydrogen (secondary N) is 1. The molecule has 1 aliphatic rings. The average molecular weight is 275 g/mol. The molecule has 0 spiro atoms. The van der Waals surface area contributed by atoms with Crippen molar-refractivity contribution in [2.24, 2.45) is 13.0 Å². The molecule has 0 saturated heterocycles. The van der Waals surface area contributed by atoms with Crippen LogP contribution in [0.2, 0.25) is 0 Å². The lowest BCUT2D eigenvalue weighted by Gasteiger charge is -2.18. The molecule has 20 heavy (non-hydrogen) atoms. The van der Waals surface area contributed by atoms with E-state index in [0.29, 0.717) is 18.9 Å². The number of imidazole rings is 1. The second-order valence-corrected chi connectivity index (χ2v) is 5.10. The summed E-state index contributed by atoms with van der Waals surface area (Å²) in [6, 6.07) is 0.0105. The molecule has 106 valence electrons. The lowest BCUT2D eigenvalue weighted by Crippen LogP contribution is -2.32. The smallest absolute Gasteiger partial charge is 0.222 e. The number of aryl methyl sites for hydroxylation is 2. The van der Waals surface area contributed by atoms with Crippen LogP contribution in [-0.2, 0) is 18.4 Å². The summed E-state index contributed by atoms with van der Waals surface area (Å²) >= 11 is 0. The highest BCUT2D eigenvalue weighted by Gasteiger charge is 2.35. The Morgan fingerprint density at radius 3 is 3.00 bits per heavy atom. The summed E-state index contributed by atoms with van der Waals surface area (Å²) in [7, 11) is 1.95. The number of nitrogens with zero attached hydrogens (tertiary/aromatic N) is 6. The van der Waals surface area contributed by atoms with E-state index in [9.17, 15) is 4.79 Å². The van der Waals surface area contributed by atoms with Gasteiger partial charge >= 0.3 is 0 Å². The van der Waals surface area contributed by atoms with Crippen LogP contribution in [-0.4, -0.2) is 35.7 Å². The normalized spacial score (nSPS) is 16.1. The van der Waals surface area contributed by atoms with E-state index in [1.54, 1.807) is 10.9 Å². The van der Waals surface area contributed by atoms with Crippen molar-refractivity contribution in [2.45, 2.75) is 31.8 Å². The Balaban J connectivity index is 1.59. The Morgan fingerprint density at radius 1 is 1.55 bits per heavy atom. The fourth-order valence-corrected chi connectivity index (χ4v) is 2.24. The summed E-state index contributed by atoms with van der Waals surface area (Å²) in [4.78, 5) is 16.4. The third-order valence-corrected chi connectivity index (χ3v) is 3.51. The van der Waals surface area contributed by atoms with Gasteiger partial charge in [-0.05, 0) is 29.2 Å². The minimum atomic E-state index is 0.000370. The Labute approximate surface area is 116 Å². The number of carbonyl (C=O) groups excluding carboxylic acids is 1. The summed E-state index contributed by atoms with van der Waals surface area (Å²) in [5.41, 5.74) is 0. The van der Waals surface area contributed by atoms with E-state index in [1.165, 1.54) is 6.33 Å². The monoisotopic (exact) mass is 275 g/mol. The van der Waals surface area contributed by atoms with Gasteiger partial charge in [-0.2, -0.15) is 0 Å². The zero-order chi connectivity index (χ0) is 13.9. The zero-order valence-corrected chi connectivity index (χ0v) is 11.3. The molecule has 2 aromatic rings. The van der Waals surface area contributed by atoms with Crippen molar-refractivity contribution in [1.29, 1.82) is 0 Å². The predicted octanol–water partition coefficient (Wildman–Crippen LogP) is 0.0642. The maximum Gasteiger partial charge on any atom is 0.222 e. The zero-order valence-electron chi connectivity index (χ0n) is 11.3. The lowest BCUT2D eigenvalue weighted by atomic mass is 10.1. The number of hydrogen-bond acceptors (Lipinski definition) is 5. The van der Waals surface area contributed by atoms with Crippen molar-refractivity contribution in [3.05, 3.63) is 24.5 Å². The number of amides is 1. The minimum absolute atomic E-state index is 0.000370.